The molecule has 0 saturated heterocycles. The van der Waals surface area contributed by atoms with Crippen LogP contribution >= 0.6 is 27.3 Å². The molecule has 0 spiro atoms. The van der Waals surface area contributed by atoms with E-state index < -0.39 is 0 Å². The van der Waals surface area contributed by atoms with Gasteiger partial charge in [0.1, 0.15) is 0 Å². The van der Waals surface area contributed by atoms with Gasteiger partial charge in [-0.3, -0.25) is 0 Å². The molecule has 2 atom stereocenters. The van der Waals surface area contributed by atoms with E-state index in [-0.39, 0.29) is 0 Å². The molecular formula is C16H20BrNS. The van der Waals surface area contributed by atoms with Gasteiger partial charge in [0.2, 0.25) is 0 Å². The quantitative estimate of drug-likeness (QED) is 0.772. The molecule has 0 radical (unpaired) electrons. The Balaban J connectivity index is 2.15. The predicted molar refractivity (Wildman–Crippen MR) is 87.9 cm³/mol. The monoisotopic (exact) mass is 337 g/mol. The first-order valence-corrected chi connectivity index (χ1v) is 8.22. The molecule has 0 bridgehead atoms. The molecule has 0 aliphatic rings. The molecule has 2 rings (SSSR count). The van der Waals surface area contributed by atoms with Gasteiger partial charge in [-0.05, 0) is 66.2 Å². The molecule has 0 saturated carbocycles. The number of nitrogens with one attached hydrogen (secondary N) is 1. The van der Waals surface area contributed by atoms with Crippen molar-refractivity contribution < 1.29 is 0 Å². The average molecular weight is 338 g/mol. The first kappa shape index (κ1) is 14.8. The molecule has 0 aliphatic heterocycles. The molecule has 1 heterocycles. The second-order valence-corrected chi connectivity index (χ2v) is 6.90. The van der Waals surface area contributed by atoms with Crippen molar-refractivity contribution in [1.82, 2.24) is 5.32 Å². The van der Waals surface area contributed by atoms with Gasteiger partial charge in [0.05, 0.1) is 0 Å². The summed E-state index contributed by atoms with van der Waals surface area (Å²) >= 11 is 5.40. The van der Waals surface area contributed by atoms with Crippen LogP contribution in [0.5, 0.6) is 0 Å². The molecule has 2 unspecified atom stereocenters. The summed E-state index contributed by atoms with van der Waals surface area (Å²) in [5.74, 6) is 0. The number of aryl methyl sites for hydroxylation is 2. The Morgan fingerprint density at radius 3 is 2.47 bits per heavy atom. The summed E-state index contributed by atoms with van der Waals surface area (Å²) in [6.45, 7) is 8.78. The lowest BCUT2D eigenvalue weighted by Gasteiger charge is -2.22. The smallest absolute Gasteiger partial charge is 0.0402 e. The van der Waals surface area contributed by atoms with E-state index in [1.165, 1.54) is 26.0 Å². The molecule has 19 heavy (non-hydrogen) atoms. The van der Waals surface area contributed by atoms with Crippen molar-refractivity contribution in [2.45, 2.75) is 39.8 Å². The molecule has 2 aromatic rings. The Kier molecular flexibility index (Phi) is 4.82. The molecule has 0 aliphatic carbocycles. The van der Waals surface area contributed by atoms with Gasteiger partial charge >= 0.3 is 0 Å². The summed E-state index contributed by atoms with van der Waals surface area (Å²) in [6.07, 6.45) is 0. The third-order valence-electron chi connectivity index (χ3n) is 3.44. The van der Waals surface area contributed by atoms with Gasteiger partial charge in [-0.1, -0.05) is 23.8 Å². The highest BCUT2D eigenvalue weighted by atomic mass is 79.9. The lowest BCUT2D eigenvalue weighted by Crippen LogP contribution is -2.22. The first-order chi connectivity index (χ1) is 8.99. The normalized spacial score (nSPS) is 14.4. The van der Waals surface area contributed by atoms with E-state index in [0.29, 0.717) is 12.1 Å². The van der Waals surface area contributed by atoms with E-state index in [1.807, 2.05) is 0 Å². The van der Waals surface area contributed by atoms with Crippen molar-refractivity contribution in [3.8, 4) is 0 Å². The van der Waals surface area contributed by atoms with Crippen molar-refractivity contribution in [3.63, 3.8) is 0 Å². The van der Waals surface area contributed by atoms with Crippen LogP contribution in [0.25, 0.3) is 0 Å². The highest BCUT2D eigenvalue weighted by molar-refractivity contribution is 9.10. The predicted octanol–water partition coefficient (Wildman–Crippen LogP) is 5.54. The van der Waals surface area contributed by atoms with Crippen LogP contribution < -0.4 is 5.32 Å². The summed E-state index contributed by atoms with van der Waals surface area (Å²) in [6, 6.07) is 9.47. The van der Waals surface area contributed by atoms with Gasteiger partial charge in [0.25, 0.3) is 0 Å². The molecule has 102 valence electrons. The molecule has 1 nitrogen and oxygen atoms in total. The standard InChI is InChI=1S/C16H20BrNS/c1-10-5-6-11(2)14(9-10)12(3)18-13(4)16-15(17)7-8-19-16/h5-9,12-13,18H,1-4H3. The van der Waals surface area contributed by atoms with E-state index in [0.717, 1.165) is 0 Å². The van der Waals surface area contributed by atoms with Crippen molar-refractivity contribution in [2.75, 3.05) is 0 Å². The van der Waals surface area contributed by atoms with Gasteiger partial charge in [-0.15, -0.1) is 11.3 Å². The Labute approximate surface area is 128 Å². The van der Waals surface area contributed by atoms with Gasteiger partial charge in [0, 0.05) is 21.4 Å². The van der Waals surface area contributed by atoms with Gasteiger partial charge in [0.15, 0.2) is 0 Å². The largest absolute Gasteiger partial charge is 0.303 e. The van der Waals surface area contributed by atoms with Crippen LogP contribution in [0.1, 0.15) is 47.5 Å². The van der Waals surface area contributed by atoms with Crippen LogP contribution in [-0.2, 0) is 0 Å². The summed E-state index contributed by atoms with van der Waals surface area (Å²) in [5.41, 5.74) is 4.06. The second-order valence-electron chi connectivity index (χ2n) is 5.10. The minimum absolute atomic E-state index is 0.351. The molecular weight excluding hydrogens is 318 g/mol. The summed E-state index contributed by atoms with van der Waals surface area (Å²) < 4.78 is 1.20. The van der Waals surface area contributed by atoms with Crippen LogP contribution in [0, 0.1) is 13.8 Å². The third kappa shape index (κ3) is 3.47. The zero-order chi connectivity index (χ0) is 14.0. The lowest BCUT2D eigenvalue weighted by atomic mass is 9.99. The number of benzene rings is 1. The van der Waals surface area contributed by atoms with Crippen LogP contribution in [-0.4, -0.2) is 0 Å². The Hall–Kier alpha value is -0.640. The third-order valence-corrected chi connectivity index (χ3v) is 5.49. The first-order valence-electron chi connectivity index (χ1n) is 6.55. The number of thiophene rings is 1. The lowest BCUT2D eigenvalue weighted by molar-refractivity contribution is 0.497. The molecule has 0 amide bonds. The van der Waals surface area contributed by atoms with Gasteiger partial charge in [-0.2, -0.15) is 0 Å². The highest BCUT2D eigenvalue weighted by Gasteiger charge is 2.15. The maximum atomic E-state index is 3.69. The molecule has 0 fully saturated rings. The van der Waals surface area contributed by atoms with Gasteiger partial charge in [-0.25, -0.2) is 0 Å². The van der Waals surface area contributed by atoms with Crippen LogP contribution in [0.2, 0.25) is 0 Å². The van der Waals surface area contributed by atoms with Crippen molar-refractivity contribution in [2.24, 2.45) is 0 Å². The Morgan fingerprint density at radius 2 is 1.84 bits per heavy atom. The minimum Gasteiger partial charge on any atom is -0.303 e. The van der Waals surface area contributed by atoms with Crippen molar-refractivity contribution in [1.29, 1.82) is 0 Å². The van der Waals surface area contributed by atoms with Crippen molar-refractivity contribution >= 4 is 27.3 Å². The Bertz CT molecular complexity index is 562. The van der Waals surface area contributed by atoms with Crippen LogP contribution in [0.4, 0.5) is 0 Å². The number of hydrogen-bond donors (Lipinski definition) is 1. The maximum Gasteiger partial charge on any atom is 0.0402 e. The topological polar surface area (TPSA) is 12.0 Å². The maximum absolute atomic E-state index is 3.69. The fourth-order valence-electron chi connectivity index (χ4n) is 2.38. The van der Waals surface area contributed by atoms with E-state index in [9.17, 15) is 0 Å². The summed E-state index contributed by atoms with van der Waals surface area (Å²) in [7, 11) is 0. The fraction of sp³-hybridized carbons (Fsp3) is 0.375. The number of rotatable bonds is 4. The summed E-state index contributed by atoms with van der Waals surface area (Å²) in [5, 5.41) is 5.81. The zero-order valence-electron chi connectivity index (χ0n) is 11.8. The molecule has 1 aromatic carbocycles. The second kappa shape index (κ2) is 6.21. The molecule has 1 aromatic heterocycles. The van der Waals surface area contributed by atoms with Crippen LogP contribution in [0.15, 0.2) is 34.1 Å². The van der Waals surface area contributed by atoms with Gasteiger partial charge < -0.3 is 5.32 Å². The number of halogens is 1. The van der Waals surface area contributed by atoms with E-state index in [4.69, 9.17) is 0 Å². The number of hydrogen-bond acceptors (Lipinski definition) is 2. The van der Waals surface area contributed by atoms with Crippen molar-refractivity contribution in [3.05, 3.63) is 55.7 Å². The van der Waals surface area contributed by atoms with E-state index in [1.54, 1.807) is 11.3 Å². The fourth-order valence-corrected chi connectivity index (χ4v) is 4.12. The highest BCUT2D eigenvalue weighted by Crippen LogP contribution is 2.31. The average Bonchev–Trinajstić information content (AvgIpc) is 2.78. The zero-order valence-corrected chi connectivity index (χ0v) is 14.2. The van der Waals surface area contributed by atoms with Crippen LogP contribution in [0.3, 0.4) is 0 Å². The van der Waals surface area contributed by atoms with E-state index in [2.05, 4.69) is 78.6 Å². The SMILES string of the molecule is Cc1ccc(C)c(C(C)NC(C)c2sccc2Br)c1. The minimum atomic E-state index is 0.351. The molecule has 1 N–H and O–H groups in total. The molecule has 3 heteroatoms. The Morgan fingerprint density at radius 1 is 1.11 bits per heavy atom. The van der Waals surface area contributed by atoms with E-state index >= 15 is 0 Å². The summed E-state index contributed by atoms with van der Waals surface area (Å²) in [4.78, 5) is 1.36.